The van der Waals surface area contributed by atoms with E-state index in [0.29, 0.717) is 10.6 Å². The fourth-order valence-electron chi connectivity index (χ4n) is 4.19. The van der Waals surface area contributed by atoms with E-state index in [2.05, 4.69) is 60.4 Å². The Morgan fingerprint density at radius 3 is 2.06 bits per heavy atom. The lowest BCUT2D eigenvalue weighted by Gasteiger charge is -2.18. The lowest BCUT2D eigenvalue weighted by atomic mass is 9.91. The molecule has 1 aliphatic carbocycles. The molecule has 0 fully saturated rings. The molecule has 0 spiro atoms. The number of fused-ring (bicyclic) bond motifs is 1. The maximum atomic E-state index is 13.3. The maximum absolute atomic E-state index is 13.3. The minimum absolute atomic E-state index is 0.0757. The summed E-state index contributed by atoms with van der Waals surface area (Å²) >= 11 is 6.28. The number of rotatable bonds is 4. The van der Waals surface area contributed by atoms with Gasteiger partial charge in [-0.25, -0.2) is 0 Å². The van der Waals surface area contributed by atoms with E-state index in [-0.39, 0.29) is 18.4 Å². The van der Waals surface area contributed by atoms with Crippen molar-refractivity contribution < 1.29 is 9.59 Å². The Balaban J connectivity index is 0.000000758. The molecule has 0 saturated carbocycles. The molecule has 3 N–H and O–H groups in total. The van der Waals surface area contributed by atoms with E-state index < -0.39 is 0 Å². The molecule has 0 radical (unpaired) electrons. The fraction of sp³-hybridized carbons (Fsp3) is 0.241. The number of allylic oxidation sites excluding steroid dienone is 1. The molecule has 2 amide bonds. The second-order valence-corrected chi connectivity index (χ2v) is 8.13. The van der Waals surface area contributed by atoms with Crippen LogP contribution in [0.3, 0.4) is 0 Å². The van der Waals surface area contributed by atoms with Crippen molar-refractivity contribution in [1.29, 1.82) is 0 Å². The normalized spacial score (nSPS) is 12.4. The summed E-state index contributed by atoms with van der Waals surface area (Å²) in [6.45, 7) is 8.09. The SMILES string of the molecule is C/C=C(\c1ccccc1C)c1ccc(Cl)cc1C(=O)NC1Cc2ccccc2C1.CC.NC=O. The van der Waals surface area contributed by atoms with Crippen LogP contribution >= 0.6 is 11.6 Å². The molecule has 0 atom stereocenters. The van der Waals surface area contributed by atoms with Gasteiger partial charge >= 0.3 is 0 Å². The summed E-state index contributed by atoms with van der Waals surface area (Å²) in [4.78, 5) is 21.8. The third-order valence-electron chi connectivity index (χ3n) is 5.63. The molecule has 0 unspecified atom stereocenters. The topological polar surface area (TPSA) is 72.2 Å². The van der Waals surface area contributed by atoms with Crippen LogP contribution in [0.4, 0.5) is 0 Å². The summed E-state index contributed by atoms with van der Waals surface area (Å²) in [6.07, 6.45) is 4.05. The van der Waals surface area contributed by atoms with Crippen LogP contribution in [0.25, 0.3) is 5.57 Å². The molecule has 0 aromatic heterocycles. The van der Waals surface area contributed by atoms with Gasteiger partial charge in [-0.15, -0.1) is 0 Å². The van der Waals surface area contributed by atoms with Crippen molar-refractivity contribution in [2.24, 2.45) is 5.73 Å². The first-order chi connectivity index (χ1) is 16.5. The molecule has 178 valence electrons. The molecule has 0 heterocycles. The first-order valence-corrected chi connectivity index (χ1v) is 11.9. The van der Waals surface area contributed by atoms with Crippen molar-refractivity contribution in [3.8, 4) is 0 Å². The summed E-state index contributed by atoms with van der Waals surface area (Å²) in [5, 5.41) is 3.79. The molecule has 3 aromatic carbocycles. The van der Waals surface area contributed by atoms with Crippen LogP contribution in [0.15, 0.2) is 72.8 Å². The number of primary amides is 1. The average Bonchev–Trinajstić information content (AvgIpc) is 3.25. The van der Waals surface area contributed by atoms with E-state index in [1.807, 2.05) is 45.0 Å². The summed E-state index contributed by atoms with van der Waals surface area (Å²) in [5.74, 6) is -0.0757. The van der Waals surface area contributed by atoms with E-state index in [0.717, 1.165) is 29.5 Å². The van der Waals surface area contributed by atoms with Gasteiger partial charge in [-0.2, -0.15) is 0 Å². The summed E-state index contributed by atoms with van der Waals surface area (Å²) in [5.41, 5.74) is 11.7. The number of hydrogen-bond donors (Lipinski definition) is 2. The Hall–Kier alpha value is -3.37. The van der Waals surface area contributed by atoms with Gasteiger partial charge in [0.1, 0.15) is 0 Å². The van der Waals surface area contributed by atoms with Crippen LogP contribution in [0.5, 0.6) is 0 Å². The van der Waals surface area contributed by atoms with Crippen molar-refractivity contribution in [2.75, 3.05) is 0 Å². The Kier molecular flexibility index (Phi) is 10.6. The van der Waals surface area contributed by atoms with Gasteiger partial charge in [0.05, 0.1) is 0 Å². The Morgan fingerprint density at radius 2 is 1.50 bits per heavy atom. The van der Waals surface area contributed by atoms with Gasteiger partial charge in [0.25, 0.3) is 5.91 Å². The zero-order chi connectivity index (χ0) is 25.1. The number of aryl methyl sites for hydroxylation is 1. The fourth-order valence-corrected chi connectivity index (χ4v) is 4.37. The standard InChI is InChI=1S/C26H24ClNO.C2H6.CH3NO/c1-3-22(23-11-7-4-8-17(23)2)24-13-12-20(27)16-25(24)26(29)28-21-14-18-9-5-6-10-19(18)15-21;1-2;2-1-3/h3-13,16,21H,14-15H2,1-2H3,(H,28,29);1-2H3;1H,(H2,2,3)/b22-3+;;. The largest absolute Gasteiger partial charge is 0.372 e. The van der Waals surface area contributed by atoms with E-state index >= 15 is 0 Å². The Labute approximate surface area is 207 Å². The summed E-state index contributed by atoms with van der Waals surface area (Å²) in [7, 11) is 0. The van der Waals surface area contributed by atoms with E-state index in [1.54, 1.807) is 6.07 Å². The quantitative estimate of drug-likeness (QED) is 0.445. The smallest absolute Gasteiger partial charge is 0.252 e. The van der Waals surface area contributed by atoms with Crippen LogP contribution in [0.1, 0.15) is 58.9 Å². The van der Waals surface area contributed by atoms with Gasteiger partial charge in [-0.1, -0.05) is 86.1 Å². The number of benzene rings is 3. The molecular weight excluding hydrogens is 444 g/mol. The second kappa shape index (κ2) is 13.4. The van der Waals surface area contributed by atoms with Gasteiger partial charge in [-0.05, 0) is 72.2 Å². The molecule has 0 saturated heterocycles. The van der Waals surface area contributed by atoms with Gasteiger partial charge in [0.15, 0.2) is 0 Å². The molecule has 0 aliphatic heterocycles. The van der Waals surface area contributed by atoms with Crippen molar-refractivity contribution in [3.05, 3.63) is 111 Å². The lowest BCUT2D eigenvalue weighted by molar-refractivity contribution is -0.106. The third kappa shape index (κ3) is 6.58. The van der Waals surface area contributed by atoms with Crippen LogP contribution in [-0.2, 0) is 17.6 Å². The summed E-state index contributed by atoms with van der Waals surface area (Å²) in [6, 6.07) is 22.3. The van der Waals surface area contributed by atoms with E-state index in [1.165, 1.54) is 16.7 Å². The molecular formula is C29H33ClN2O2. The van der Waals surface area contributed by atoms with Gasteiger partial charge in [-0.3, -0.25) is 9.59 Å². The number of nitrogens with one attached hydrogen (secondary N) is 1. The highest BCUT2D eigenvalue weighted by atomic mass is 35.5. The molecule has 34 heavy (non-hydrogen) atoms. The van der Waals surface area contributed by atoms with Crippen molar-refractivity contribution in [1.82, 2.24) is 5.32 Å². The zero-order valence-electron chi connectivity index (χ0n) is 20.3. The lowest BCUT2D eigenvalue weighted by Crippen LogP contribution is -2.35. The van der Waals surface area contributed by atoms with Crippen LogP contribution < -0.4 is 11.1 Å². The van der Waals surface area contributed by atoms with E-state index in [9.17, 15) is 4.79 Å². The highest BCUT2D eigenvalue weighted by molar-refractivity contribution is 6.31. The Bertz CT molecular complexity index is 1130. The highest BCUT2D eigenvalue weighted by Crippen LogP contribution is 2.31. The molecule has 5 heteroatoms. The van der Waals surface area contributed by atoms with Gasteiger partial charge < -0.3 is 11.1 Å². The Morgan fingerprint density at radius 1 is 0.941 bits per heavy atom. The van der Waals surface area contributed by atoms with Crippen molar-refractivity contribution in [3.63, 3.8) is 0 Å². The molecule has 0 bridgehead atoms. The predicted octanol–water partition coefficient (Wildman–Crippen LogP) is 6.12. The summed E-state index contributed by atoms with van der Waals surface area (Å²) < 4.78 is 0. The van der Waals surface area contributed by atoms with Gasteiger partial charge in [0.2, 0.25) is 6.41 Å². The molecule has 1 aliphatic rings. The molecule has 4 rings (SSSR count). The second-order valence-electron chi connectivity index (χ2n) is 7.69. The highest BCUT2D eigenvalue weighted by Gasteiger charge is 2.24. The van der Waals surface area contributed by atoms with Crippen molar-refractivity contribution in [2.45, 2.75) is 46.6 Å². The maximum Gasteiger partial charge on any atom is 0.252 e. The monoisotopic (exact) mass is 476 g/mol. The minimum atomic E-state index is -0.0757. The number of carbonyl (C=O) groups excluding carboxylic acids is 2. The number of carbonyl (C=O) groups is 2. The number of hydrogen-bond acceptors (Lipinski definition) is 2. The van der Waals surface area contributed by atoms with E-state index in [4.69, 9.17) is 16.4 Å². The zero-order valence-corrected chi connectivity index (χ0v) is 21.0. The van der Waals surface area contributed by atoms with Crippen LogP contribution in [-0.4, -0.2) is 18.4 Å². The van der Waals surface area contributed by atoms with Gasteiger partial charge in [0, 0.05) is 16.6 Å². The molecule has 3 aromatic rings. The minimum Gasteiger partial charge on any atom is -0.372 e. The number of nitrogens with two attached hydrogens (primary N) is 1. The molecule has 4 nitrogen and oxygen atoms in total. The first-order valence-electron chi connectivity index (χ1n) is 11.5. The average molecular weight is 477 g/mol. The van der Waals surface area contributed by atoms with Crippen molar-refractivity contribution >= 4 is 29.5 Å². The third-order valence-corrected chi connectivity index (χ3v) is 5.86. The van der Waals surface area contributed by atoms with Crippen LogP contribution in [0.2, 0.25) is 5.02 Å². The first kappa shape index (κ1) is 26.9. The number of halogens is 1. The predicted molar refractivity (Wildman–Crippen MR) is 142 cm³/mol. The number of amides is 2. The van der Waals surface area contributed by atoms with Crippen LogP contribution in [0, 0.1) is 6.92 Å².